The van der Waals surface area contributed by atoms with Crippen molar-refractivity contribution in [2.75, 3.05) is 25.1 Å². The smallest absolute Gasteiger partial charge is 0.257 e. The number of pyridine rings is 1. The molecule has 1 fully saturated rings. The largest absolute Gasteiger partial charge is 0.503 e. The van der Waals surface area contributed by atoms with E-state index in [0.717, 1.165) is 25.9 Å². The molecule has 0 amide bonds. The molecule has 0 atom stereocenters. The number of aliphatic hydroxyl groups excluding tert-OH is 1. The molecule has 0 unspecified atom stereocenters. The zero-order valence-corrected chi connectivity index (χ0v) is 15.4. The predicted molar refractivity (Wildman–Crippen MR) is 98.2 cm³/mol. The molecule has 1 saturated heterocycles. The van der Waals surface area contributed by atoms with Gasteiger partial charge in [-0.05, 0) is 32.8 Å². The first-order chi connectivity index (χ1) is 12.4. The summed E-state index contributed by atoms with van der Waals surface area (Å²) >= 11 is 0. The van der Waals surface area contributed by atoms with Crippen LogP contribution in [-0.2, 0) is 6.61 Å². The lowest BCUT2D eigenvalue weighted by molar-refractivity contribution is 0.275. The number of aromatic hydroxyl groups is 1. The van der Waals surface area contributed by atoms with Gasteiger partial charge in [0.05, 0.1) is 30.7 Å². The Balaban J connectivity index is 2.01. The van der Waals surface area contributed by atoms with Crippen molar-refractivity contribution in [3.8, 4) is 22.9 Å². The first kappa shape index (κ1) is 18.3. The monoisotopic (exact) mass is 359 g/mol. The number of piperidine rings is 1. The maximum absolute atomic E-state index is 10.4. The summed E-state index contributed by atoms with van der Waals surface area (Å²) in [4.78, 5) is 15.3. The molecule has 3 rings (SSSR count). The molecule has 140 valence electrons. The van der Waals surface area contributed by atoms with E-state index in [1.54, 1.807) is 6.07 Å². The number of methoxy groups -OCH3 is 1. The zero-order valence-electron chi connectivity index (χ0n) is 15.4. The average Bonchev–Trinajstić information content (AvgIpc) is 2.62. The molecule has 1 aliphatic heterocycles. The third-order valence-corrected chi connectivity index (χ3v) is 4.82. The molecule has 0 spiro atoms. The lowest BCUT2D eigenvalue weighted by Gasteiger charge is -2.38. The maximum atomic E-state index is 10.4. The van der Waals surface area contributed by atoms with Gasteiger partial charge in [-0.1, -0.05) is 0 Å². The molecule has 26 heavy (non-hydrogen) atoms. The second kappa shape index (κ2) is 7.05. The zero-order chi connectivity index (χ0) is 18.9. The van der Waals surface area contributed by atoms with Crippen molar-refractivity contribution in [1.82, 2.24) is 15.0 Å². The van der Waals surface area contributed by atoms with Crippen LogP contribution in [0, 0.1) is 6.92 Å². The summed E-state index contributed by atoms with van der Waals surface area (Å²) in [7, 11) is 1.44. The Morgan fingerprint density at radius 1 is 1.31 bits per heavy atom. The SMILES string of the molecule is COc1nccc(-c2nc(CO)c(N3CCC(C)(N)CC3)nc2C)c1O. The van der Waals surface area contributed by atoms with E-state index in [4.69, 9.17) is 10.5 Å². The molecule has 8 nitrogen and oxygen atoms in total. The number of rotatable bonds is 4. The number of aliphatic hydroxyl groups is 1. The van der Waals surface area contributed by atoms with Crippen LogP contribution in [0.1, 0.15) is 31.2 Å². The molecular formula is C18H25N5O3. The van der Waals surface area contributed by atoms with Crippen molar-refractivity contribution in [3.63, 3.8) is 0 Å². The molecule has 0 aliphatic carbocycles. The van der Waals surface area contributed by atoms with Crippen molar-refractivity contribution >= 4 is 5.82 Å². The van der Waals surface area contributed by atoms with Gasteiger partial charge in [0, 0.05) is 24.8 Å². The van der Waals surface area contributed by atoms with Gasteiger partial charge in [0.2, 0.25) is 0 Å². The number of nitrogens with two attached hydrogens (primary N) is 1. The number of hydrogen-bond donors (Lipinski definition) is 3. The number of hydrogen-bond acceptors (Lipinski definition) is 8. The first-order valence-corrected chi connectivity index (χ1v) is 8.61. The minimum Gasteiger partial charge on any atom is -0.503 e. The molecule has 1 aliphatic rings. The number of aryl methyl sites for hydroxylation is 1. The number of nitrogens with zero attached hydrogens (tertiary/aromatic N) is 4. The van der Waals surface area contributed by atoms with Crippen LogP contribution < -0.4 is 15.4 Å². The fourth-order valence-electron chi connectivity index (χ4n) is 3.16. The number of anilines is 1. The van der Waals surface area contributed by atoms with Gasteiger partial charge in [0.25, 0.3) is 5.88 Å². The van der Waals surface area contributed by atoms with Crippen molar-refractivity contribution in [2.45, 2.75) is 38.8 Å². The van der Waals surface area contributed by atoms with Crippen LogP contribution in [-0.4, -0.2) is 50.9 Å². The first-order valence-electron chi connectivity index (χ1n) is 8.61. The summed E-state index contributed by atoms with van der Waals surface area (Å²) in [5.74, 6) is 0.697. The molecule has 2 aromatic rings. The Kier molecular flexibility index (Phi) is 4.97. The Morgan fingerprint density at radius 3 is 2.62 bits per heavy atom. The van der Waals surface area contributed by atoms with Gasteiger partial charge in [0.1, 0.15) is 5.69 Å². The van der Waals surface area contributed by atoms with E-state index >= 15 is 0 Å². The maximum Gasteiger partial charge on any atom is 0.257 e. The second-order valence-corrected chi connectivity index (χ2v) is 6.94. The fraction of sp³-hybridized carbons (Fsp3) is 0.500. The van der Waals surface area contributed by atoms with Crippen LogP contribution >= 0.6 is 0 Å². The van der Waals surface area contributed by atoms with E-state index in [2.05, 4.69) is 26.8 Å². The molecule has 8 heteroatoms. The molecule has 0 aromatic carbocycles. The molecule has 0 bridgehead atoms. The van der Waals surface area contributed by atoms with Crippen LogP contribution in [0.15, 0.2) is 12.3 Å². The van der Waals surface area contributed by atoms with Gasteiger partial charge in [-0.15, -0.1) is 0 Å². The molecule has 4 N–H and O–H groups in total. The lowest BCUT2D eigenvalue weighted by Crippen LogP contribution is -2.48. The van der Waals surface area contributed by atoms with Crippen LogP contribution in [0.5, 0.6) is 11.6 Å². The minimum atomic E-state index is -0.241. The molecule has 0 radical (unpaired) electrons. The Bertz CT molecular complexity index is 800. The van der Waals surface area contributed by atoms with Crippen molar-refractivity contribution in [1.29, 1.82) is 0 Å². The van der Waals surface area contributed by atoms with Gasteiger partial charge < -0.3 is 25.6 Å². The molecular weight excluding hydrogens is 334 g/mol. The molecule has 2 aromatic heterocycles. The average molecular weight is 359 g/mol. The summed E-state index contributed by atoms with van der Waals surface area (Å²) in [5, 5.41) is 20.2. The van der Waals surface area contributed by atoms with E-state index in [1.165, 1.54) is 13.3 Å². The molecule has 3 heterocycles. The van der Waals surface area contributed by atoms with Crippen LogP contribution in [0.4, 0.5) is 5.82 Å². The fourth-order valence-corrected chi connectivity index (χ4v) is 3.16. The summed E-state index contributed by atoms with van der Waals surface area (Å²) < 4.78 is 5.06. The highest BCUT2D eigenvalue weighted by molar-refractivity contribution is 5.71. The van der Waals surface area contributed by atoms with Gasteiger partial charge in [-0.3, -0.25) is 0 Å². The van der Waals surface area contributed by atoms with E-state index < -0.39 is 0 Å². The quantitative estimate of drug-likeness (QED) is 0.749. The van der Waals surface area contributed by atoms with Crippen LogP contribution in [0.3, 0.4) is 0 Å². The van der Waals surface area contributed by atoms with Crippen molar-refractivity contribution in [2.24, 2.45) is 5.73 Å². The van der Waals surface area contributed by atoms with Crippen LogP contribution in [0.25, 0.3) is 11.3 Å². The van der Waals surface area contributed by atoms with Crippen LogP contribution in [0.2, 0.25) is 0 Å². The second-order valence-electron chi connectivity index (χ2n) is 6.94. The predicted octanol–water partition coefficient (Wildman–Crippen LogP) is 1.37. The topological polar surface area (TPSA) is 118 Å². The third kappa shape index (κ3) is 3.42. The normalized spacial score (nSPS) is 16.6. The Hall–Kier alpha value is -2.45. The highest BCUT2D eigenvalue weighted by atomic mass is 16.5. The summed E-state index contributed by atoms with van der Waals surface area (Å²) in [5.41, 5.74) is 8.13. The van der Waals surface area contributed by atoms with E-state index in [9.17, 15) is 10.2 Å². The summed E-state index contributed by atoms with van der Waals surface area (Å²) in [6, 6.07) is 1.65. The molecule has 0 saturated carbocycles. The summed E-state index contributed by atoms with van der Waals surface area (Å²) in [6.45, 7) is 5.17. The standard InChI is InChI=1S/C18H25N5O3/c1-11-14(12-4-7-20-17(26-3)15(12)25)22-13(10-24)16(21-11)23-8-5-18(2,19)6-9-23/h4,7,24-25H,5-6,8-10,19H2,1-3H3. The van der Waals surface area contributed by atoms with Crippen molar-refractivity contribution < 1.29 is 14.9 Å². The minimum absolute atomic E-state index is 0.0964. The van der Waals surface area contributed by atoms with Gasteiger partial charge >= 0.3 is 0 Å². The highest BCUT2D eigenvalue weighted by Crippen LogP contribution is 2.36. The van der Waals surface area contributed by atoms with Crippen molar-refractivity contribution in [3.05, 3.63) is 23.7 Å². The lowest BCUT2D eigenvalue weighted by atomic mass is 9.91. The van der Waals surface area contributed by atoms with E-state index in [-0.39, 0.29) is 23.8 Å². The number of aromatic nitrogens is 3. The number of ether oxygens (including phenoxy) is 1. The van der Waals surface area contributed by atoms with E-state index in [0.29, 0.717) is 28.5 Å². The van der Waals surface area contributed by atoms with Gasteiger partial charge in [-0.2, -0.15) is 0 Å². The van der Waals surface area contributed by atoms with Gasteiger partial charge in [0.15, 0.2) is 11.6 Å². The van der Waals surface area contributed by atoms with Gasteiger partial charge in [-0.25, -0.2) is 15.0 Å². The highest BCUT2D eigenvalue weighted by Gasteiger charge is 2.28. The Labute approximate surface area is 152 Å². The summed E-state index contributed by atoms with van der Waals surface area (Å²) in [6.07, 6.45) is 3.24. The third-order valence-electron chi connectivity index (χ3n) is 4.82. The Morgan fingerprint density at radius 2 is 2.00 bits per heavy atom. The van der Waals surface area contributed by atoms with E-state index in [1.807, 2.05) is 6.92 Å².